The lowest BCUT2D eigenvalue weighted by molar-refractivity contribution is 0.669. The quantitative estimate of drug-likeness (QED) is 0.209. The molecule has 0 bridgehead atoms. The van der Waals surface area contributed by atoms with E-state index in [1.54, 1.807) is 0 Å². The van der Waals surface area contributed by atoms with Crippen LogP contribution >= 0.6 is 0 Å². The van der Waals surface area contributed by atoms with Gasteiger partial charge in [0.25, 0.3) is 0 Å². The molecule has 1 heterocycles. The molecule has 0 amide bonds. The van der Waals surface area contributed by atoms with Crippen molar-refractivity contribution in [2.75, 3.05) is 4.90 Å². The first kappa shape index (κ1) is 23.1. The second-order valence-corrected chi connectivity index (χ2v) is 11.0. The third kappa shape index (κ3) is 3.45. The lowest BCUT2D eigenvalue weighted by Gasteiger charge is -2.26. The molecule has 8 aromatic carbocycles. The van der Waals surface area contributed by atoms with Gasteiger partial charge >= 0.3 is 0 Å². The third-order valence-corrected chi connectivity index (χ3v) is 8.61. The summed E-state index contributed by atoms with van der Waals surface area (Å²) in [5, 5.41) is 12.5. The molecule has 9 rings (SSSR count). The number of hydrogen-bond acceptors (Lipinski definition) is 2. The van der Waals surface area contributed by atoms with Crippen LogP contribution in [-0.2, 0) is 0 Å². The van der Waals surface area contributed by atoms with Gasteiger partial charge in [-0.2, -0.15) is 0 Å². The minimum atomic E-state index is 0.901. The Morgan fingerprint density at radius 3 is 1.69 bits per heavy atom. The van der Waals surface area contributed by atoms with E-state index in [2.05, 4.69) is 144 Å². The molecule has 9 aromatic rings. The van der Waals surface area contributed by atoms with Crippen molar-refractivity contribution in [3.63, 3.8) is 0 Å². The summed E-state index contributed by atoms with van der Waals surface area (Å²) in [6.45, 7) is 0. The van der Waals surface area contributed by atoms with E-state index in [-0.39, 0.29) is 0 Å². The number of hydrogen-bond donors (Lipinski definition) is 0. The van der Waals surface area contributed by atoms with Crippen LogP contribution < -0.4 is 4.90 Å². The van der Waals surface area contributed by atoms with Crippen molar-refractivity contribution >= 4 is 82.1 Å². The zero-order valence-corrected chi connectivity index (χ0v) is 22.8. The van der Waals surface area contributed by atoms with Gasteiger partial charge in [-0.3, -0.25) is 0 Å². The lowest BCUT2D eigenvalue weighted by atomic mass is 9.94. The summed E-state index contributed by atoms with van der Waals surface area (Å²) in [4.78, 5) is 2.33. The zero-order valence-electron chi connectivity index (χ0n) is 22.8. The standard InChI is InChI=1S/C40H25NO/c1-2-9-28(10-3-1)41(30-17-23-40-38(25-30)37-12-6-7-13-39(37)42-40)29-16-20-32-27(24-29)15-19-36-34(32)22-21-33-31-11-5-4-8-26(31)14-18-35(33)36/h1-25H. The van der Waals surface area contributed by atoms with Crippen molar-refractivity contribution in [1.29, 1.82) is 0 Å². The molecule has 1 aromatic heterocycles. The Labute approximate surface area is 242 Å². The average Bonchev–Trinajstić information content (AvgIpc) is 3.43. The van der Waals surface area contributed by atoms with Gasteiger partial charge in [-0.15, -0.1) is 0 Å². The first-order valence-corrected chi connectivity index (χ1v) is 14.4. The number of furan rings is 1. The molecule has 2 heteroatoms. The normalized spacial score (nSPS) is 11.8. The lowest BCUT2D eigenvalue weighted by Crippen LogP contribution is -2.09. The molecule has 0 radical (unpaired) electrons. The van der Waals surface area contributed by atoms with Crippen LogP contribution in [0, 0.1) is 0 Å². The molecule has 0 aliphatic heterocycles. The van der Waals surface area contributed by atoms with Crippen LogP contribution in [0.5, 0.6) is 0 Å². The number of para-hydroxylation sites is 2. The van der Waals surface area contributed by atoms with Gasteiger partial charge in [-0.25, -0.2) is 0 Å². The highest BCUT2D eigenvalue weighted by atomic mass is 16.3. The van der Waals surface area contributed by atoms with Gasteiger partial charge in [0, 0.05) is 27.8 Å². The van der Waals surface area contributed by atoms with Gasteiger partial charge in [0.1, 0.15) is 11.2 Å². The number of fused-ring (bicyclic) bond motifs is 10. The van der Waals surface area contributed by atoms with E-state index in [1.165, 1.54) is 43.1 Å². The third-order valence-electron chi connectivity index (χ3n) is 8.61. The van der Waals surface area contributed by atoms with Gasteiger partial charge < -0.3 is 9.32 Å². The van der Waals surface area contributed by atoms with E-state index < -0.39 is 0 Å². The van der Waals surface area contributed by atoms with E-state index in [9.17, 15) is 0 Å². The van der Waals surface area contributed by atoms with E-state index >= 15 is 0 Å². The molecule has 0 saturated carbocycles. The molecular formula is C40H25NO. The molecule has 0 fully saturated rings. The smallest absolute Gasteiger partial charge is 0.135 e. The molecule has 0 N–H and O–H groups in total. The first-order valence-electron chi connectivity index (χ1n) is 14.4. The highest BCUT2D eigenvalue weighted by Crippen LogP contribution is 2.41. The molecule has 0 spiro atoms. The van der Waals surface area contributed by atoms with Crippen LogP contribution in [0.1, 0.15) is 0 Å². The molecule has 0 aliphatic rings. The Kier molecular flexibility index (Phi) is 4.93. The highest BCUT2D eigenvalue weighted by molar-refractivity contribution is 6.22. The van der Waals surface area contributed by atoms with Crippen molar-refractivity contribution in [1.82, 2.24) is 0 Å². The van der Waals surface area contributed by atoms with E-state index in [0.717, 1.165) is 39.0 Å². The summed E-state index contributed by atoms with van der Waals surface area (Å²) < 4.78 is 6.13. The monoisotopic (exact) mass is 535 g/mol. The maximum atomic E-state index is 6.13. The molecule has 42 heavy (non-hydrogen) atoms. The topological polar surface area (TPSA) is 16.4 Å². The van der Waals surface area contributed by atoms with Crippen molar-refractivity contribution in [3.8, 4) is 0 Å². The van der Waals surface area contributed by atoms with Gasteiger partial charge in [-0.1, -0.05) is 103 Å². The zero-order chi connectivity index (χ0) is 27.6. The first-order chi connectivity index (χ1) is 20.8. The second-order valence-electron chi connectivity index (χ2n) is 11.0. The molecule has 2 nitrogen and oxygen atoms in total. The Hall–Kier alpha value is -5.60. The van der Waals surface area contributed by atoms with Crippen LogP contribution in [-0.4, -0.2) is 0 Å². The highest BCUT2D eigenvalue weighted by Gasteiger charge is 2.16. The van der Waals surface area contributed by atoms with E-state index in [1.807, 2.05) is 12.1 Å². The molecule has 0 unspecified atom stereocenters. The summed E-state index contributed by atoms with van der Waals surface area (Å²) in [7, 11) is 0. The van der Waals surface area contributed by atoms with Crippen LogP contribution in [0.3, 0.4) is 0 Å². The Balaban J connectivity index is 1.24. The molecular weight excluding hydrogens is 510 g/mol. The number of benzene rings is 8. The van der Waals surface area contributed by atoms with Crippen LogP contribution in [0.4, 0.5) is 17.1 Å². The van der Waals surface area contributed by atoms with Crippen molar-refractivity contribution in [2.45, 2.75) is 0 Å². The van der Waals surface area contributed by atoms with Gasteiger partial charge in [0.15, 0.2) is 0 Å². The Morgan fingerprint density at radius 1 is 0.310 bits per heavy atom. The van der Waals surface area contributed by atoms with Gasteiger partial charge in [0.05, 0.1) is 0 Å². The summed E-state index contributed by atoms with van der Waals surface area (Å²) in [5.41, 5.74) is 5.14. The fourth-order valence-corrected chi connectivity index (χ4v) is 6.65. The van der Waals surface area contributed by atoms with Crippen LogP contribution in [0.25, 0.3) is 65.0 Å². The predicted octanol–water partition coefficient (Wildman–Crippen LogP) is 11.7. The van der Waals surface area contributed by atoms with Crippen LogP contribution in [0.15, 0.2) is 156 Å². The Morgan fingerprint density at radius 2 is 0.857 bits per heavy atom. The fraction of sp³-hybridized carbons (Fsp3) is 0. The SMILES string of the molecule is c1ccc(N(c2ccc3c(ccc4c3ccc3c5ccccc5ccc34)c2)c2ccc3oc4ccccc4c3c2)cc1. The number of nitrogens with zero attached hydrogens (tertiary/aromatic N) is 1. The molecule has 196 valence electrons. The number of anilines is 3. The van der Waals surface area contributed by atoms with E-state index in [0.29, 0.717) is 0 Å². The molecule has 0 saturated heterocycles. The molecule has 0 aliphatic carbocycles. The summed E-state index contributed by atoms with van der Waals surface area (Å²) in [6, 6.07) is 54.4. The number of rotatable bonds is 3. The van der Waals surface area contributed by atoms with Gasteiger partial charge in [0.2, 0.25) is 0 Å². The van der Waals surface area contributed by atoms with Crippen molar-refractivity contribution in [2.24, 2.45) is 0 Å². The minimum absolute atomic E-state index is 0.901. The largest absolute Gasteiger partial charge is 0.456 e. The van der Waals surface area contributed by atoms with Gasteiger partial charge in [-0.05, 0) is 91.6 Å². The second kappa shape index (κ2) is 8.95. The Bertz CT molecular complexity index is 2470. The average molecular weight is 536 g/mol. The maximum Gasteiger partial charge on any atom is 0.135 e. The summed E-state index contributed by atoms with van der Waals surface area (Å²) in [5.74, 6) is 0. The summed E-state index contributed by atoms with van der Waals surface area (Å²) in [6.07, 6.45) is 0. The van der Waals surface area contributed by atoms with Crippen molar-refractivity contribution < 1.29 is 4.42 Å². The fourth-order valence-electron chi connectivity index (χ4n) is 6.65. The van der Waals surface area contributed by atoms with Crippen LogP contribution in [0.2, 0.25) is 0 Å². The molecule has 0 atom stereocenters. The maximum absolute atomic E-state index is 6.13. The summed E-state index contributed by atoms with van der Waals surface area (Å²) >= 11 is 0. The van der Waals surface area contributed by atoms with Crippen molar-refractivity contribution in [3.05, 3.63) is 152 Å². The van der Waals surface area contributed by atoms with E-state index in [4.69, 9.17) is 4.42 Å². The predicted molar refractivity (Wildman–Crippen MR) is 178 cm³/mol. The minimum Gasteiger partial charge on any atom is -0.456 e.